The van der Waals surface area contributed by atoms with E-state index in [1.54, 1.807) is 18.2 Å². The largest absolute Gasteiger partial charge is 0.486 e. The highest BCUT2D eigenvalue weighted by Crippen LogP contribution is 2.31. The van der Waals surface area contributed by atoms with Crippen molar-refractivity contribution in [2.24, 2.45) is 11.8 Å². The van der Waals surface area contributed by atoms with Crippen molar-refractivity contribution < 1.29 is 28.2 Å². The molecular formula is C34H41F2NO4. The molecule has 0 fully saturated rings. The third kappa shape index (κ3) is 9.99. The Bertz CT molecular complexity index is 1330. The molecule has 3 aromatic rings. The molecule has 41 heavy (non-hydrogen) atoms. The Kier molecular flexibility index (Phi) is 11.4. The number of carboxylic acid groups (broad SMARTS) is 1. The molecule has 0 aliphatic carbocycles. The smallest absolute Gasteiger partial charge is 0.303 e. The number of nitrogens with one attached hydrogen (secondary N) is 1. The van der Waals surface area contributed by atoms with Crippen LogP contribution >= 0.6 is 0 Å². The molecule has 0 saturated carbocycles. The Morgan fingerprint density at radius 3 is 2.29 bits per heavy atom. The SMILES string of the molecule is Cc1cc(C)cc(C(CC(C)C)CC(C)CNC(=O)c2cc(COc3cc(F)ccc3F)ccc2CCC(=O)O)c1. The van der Waals surface area contributed by atoms with Crippen LogP contribution in [0.4, 0.5) is 8.78 Å². The summed E-state index contributed by atoms with van der Waals surface area (Å²) in [5.74, 6) is -1.68. The number of benzene rings is 3. The summed E-state index contributed by atoms with van der Waals surface area (Å²) in [7, 11) is 0. The van der Waals surface area contributed by atoms with Gasteiger partial charge in [0.1, 0.15) is 12.4 Å². The average Bonchev–Trinajstić information content (AvgIpc) is 2.90. The van der Waals surface area contributed by atoms with E-state index in [2.05, 4.69) is 58.1 Å². The van der Waals surface area contributed by atoms with Gasteiger partial charge < -0.3 is 15.2 Å². The van der Waals surface area contributed by atoms with E-state index in [4.69, 9.17) is 4.74 Å². The first-order valence-corrected chi connectivity index (χ1v) is 14.2. The van der Waals surface area contributed by atoms with E-state index in [-0.39, 0.29) is 37.0 Å². The molecule has 2 atom stereocenters. The van der Waals surface area contributed by atoms with Gasteiger partial charge in [-0.3, -0.25) is 9.59 Å². The Morgan fingerprint density at radius 2 is 1.63 bits per heavy atom. The van der Waals surface area contributed by atoms with Crippen molar-refractivity contribution in [3.8, 4) is 5.75 Å². The molecular weight excluding hydrogens is 524 g/mol. The van der Waals surface area contributed by atoms with Crippen LogP contribution in [0.1, 0.15) is 84.1 Å². The molecule has 0 spiro atoms. The van der Waals surface area contributed by atoms with Gasteiger partial charge in [0.25, 0.3) is 5.91 Å². The highest BCUT2D eigenvalue weighted by Gasteiger charge is 2.20. The van der Waals surface area contributed by atoms with Crippen LogP contribution in [0, 0.1) is 37.3 Å². The number of aliphatic carboxylic acids is 1. The van der Waals surface area contributed by atoms with Crippen LogP contribution in [0.5, 0.6) is 5.75 Å². The Hall–Kier alpha value is -3.74. The second-order valence-electron chi connectivity index (χ2n) is 11.5. The maximum Gasteiger partial charge on any atom is 0.303 e. The van der Waals surface area contributed by atoms with Gasteiger partial charge in [0.2, 0.25) is 0 Å². The fraction of sp³-hybridized carbons (Fsp3) is 0.412. The molecule has 0 aliphatic rings. The lowest BCUT2D eigenvalue weighted by Gasteiger charge is -2.24. The molecule has 0 radical (unpaired) electrons. The van der Waals surface area contributed by atoms with Gasteiger partial charge in [0, 0.05) is 24.6 Å². The number of amides is 1. The van der Waals surface area contributed by atoms with Gasteiger partial charge >= 0.3 is 5.97 Å². The summed E-state index contributed by atoms with van der Waals surface area (Å²) in [6.07, 6.45) is 2.04. The highest BCUT2D eigenvalue weighted by molar-refractivity contribution is 5.96. The predicted octanol–water partition coefficient (Wildman–Crippen LogP) is 7.76. The molecule has 2 unspecified atom stereocenters. The molecule has 0 aromatic heterocycles. The first kappa shape index (κ1) is 31.8. The molecule has 2 N–H and O–H groups in total. The quantitative estimate of drug-likeness (QED) is 0.209. The standard InChI is InChI=1S/C34H41F2NO4/c1-21(2)12-27(28-14-22(3)13-23(4)15-28)16-24(5)19-37-34(40)30-17-25(6-7-26(30)8-11-33(38)39)20-41-32-18-29(35)9-10-31(32)36/h6-7,9-10,13-15,17-18,21,24,27H,8,11-12,16,19-20H2,1-5H3,(H,37,40)(H,38,39). The van der Waals surface area contributed by atoms with Crippen LogP contribution in [0.3, 0.4) is 0 Å². The van der Waals surface area contributed by atoms with Gasteiger partial charge in [0.05, 0.1) is 0 Å². The summed E-state index contributed by atoms with van der Waals surface area (Å²) in [6.45, 7) is 11.2. The number of ether oxygens (including phenoxy) is 1. The van der Waals surface area contributed by atoms with Gasteiger partial charge in [-0.2, -0.15) is 0 Å². The van der Waals surface area contributed by atoms with E-state index in [1.165, 1.54) is 16.7 Å². The second kappa shape index (κ2) is 14.8. The zero-order valence-corrected chi connectivity index (χ0v) is 24.6. The first-order chi connectivity index (χ1) is 19.4. The van der Waals surface area contributed by atoms with Gasteiger partial charge in [-0.15, -0.1) is 0 Å². The Balaban J connectivity index is 1.72. The monoisotopic (exact) mass is 565 g/mol. The highest BCUT2D eigenvalue weighted by atomic mass is 19.1. The molecule has 3 aromatic carbocycles. The number of hydrogen-bond donors (Lipinski definition) is 2. The van der Waals surface area contributed by atoms with Gasteiger partial charge in [0.15, 0.2) is 11.6 Å². The molecule has 0 saturated heterocycles. The van der Waals surface area contributed by atoms with Crippen molar-refractivity contribution in [3.63, 3.8) is 0 Å². The van der Waals surface area contributed by atoms with E-state index < -0.39 is 17.6 Å². The molecule has 3 rings (SSSR count). The zero-order valence-electron chi connectivity index (χ0n) is 24.6. The van der Waals surface area contributed by atoms with E-state index in [9.17, 15) is 23.5 Å². The lowest BCUT2D eigenvalue weighted by atomic mass is 9.82. The molecule has 0 heterocycles. The minimum atomic E-state index is -0.957. The van der Waals surface area contributed by atoms with Crippen molar-refractivity contribution in [2.75, 3.05) is 6.54 Å². The maximum absolute atomic E-state index is 14.0. The van der Waals surface area contributed by atoms with E-state index in [0.717, 1.165) is 31.0 Å². The summed E-state index contributed by atoms with van der Waals surface area (Å²) < 4.78 is 33.0. The molecule has 0 aliphatic heterocycles. The fourth-order valence-electron chi connectivity index (χ4n) is 5.25. The number of aryl methyl sites for hydroxylation is 3. The third-order valence-corrected chi connectivity index (χ3v) is 7.08. The minimum absolute atomic E-state index is 0.0803. The van der Waals surface area contributed by atoms with E-state index in [0.29, 0.717) is 35.1 Å². The predicted molar refractivity (Wildman–Crippen MR) is 157 cm³/mol. The van der Waals surface area contributed by atoms with Crippen molar-refractivity contribution in [1.29, 1.82) is 0 Å². The van der Waals surface area contributed by atoms with Crippen molar-refractivity contribution in [2.45, 2.75) is 72.8 Å². The average molecular weight is 566 g/mol. The fourth-order valence-corrected chi connectivity index (χ4v) is 5.25. The van der Waals surface area contributed by atoms with Crippen molar-refractivity contribution >= 4 is 11.9 Å². The molecule has 220 valence electrons. The number of hydrogen-bond acceptors (Lipinski definition) is 3. The van der Waals surface area contributed by atoms with Gasteiger partial charge in [-0.05, 0) is 85.8 Å². The number of rotatable bonds is 14. The van der Waals surface area contributed by atoms with Gasteiger partial charge in [-0.1, -0.05) is 62.2 Å². The van der Waals surface area contributed by atoms with E-state index >= 15 is 0 Å². The summed E-state index contributed by atoms with van der Waals surface area (Å²) in [5, 5.41) is 12.2. The number of carbonyl (C=O) groups excluding carboxylic acids is 1. The topological polar surface area (TPSA) is 75.6 Å². The summed E-state index contributed by atoms with van der Waals surface area (Å²) in [4.78, 5) is 24.6. The van der Waals surface area contributed by atoms with Crippen LogP contribution in [-0.2, 0) is 17.8 Å². The van der Waals surface area contributed by atoms with Crippen LogP contribution in [-0.4, -0.2) is 23.5 Å². The lowest BCUT2D eigenvalue weighted by Crippen LogP contribution is -2.30. The summed E-state index contributed by atoms with van der Waals surface area (Å²) in [6, 6.07) is 14.7. The van der Waals surface area contributed by atoms with Crippen LogP contribution in [0.2, 0.25) is 0 Å². The lowest BCUT2D eigenvalue weighted by molar-refractivity contribution is -0.136. The van der Waals surface area contributed by atoms with Gasteiger partial charge in [-0.25, -0.2) is 8.78 Å². The zero-order chi connectivity index (χ0) is 30.1. The maximum atomic E-state index is 14.0. The minimum Gasteiger partial charge on any atom is -0.486 e. The van der Waals surface area contributed by atoms with Crippen molar-refractivity contribution in [3.05, 3.63) is 99.6 Å². The number of carboxylic acids is 1. The normalized spacial score (nSPS) is 12.7. The summed E-state index contributed by atoms with van der Waals surface area (Å²) in [5.41, 5.74) is 5.35. The molecule has 1 amide bonds. The Morgan fingerprint density at radius 1 is 0.927 bits per heavy atom. The third-order valence-electron chi connectivity index (χ3n) is 7.08. The molecule has 5 nitrogen and oxygen atoms in total. The van der Waals surface area contributed by atoms with Crippen LogP contribution in [0.15, 0.2) is 54.6 Å². The van der Waals surface area contributed by atoms with E-state index in [1.807, 2.05) is 0 Å². The number of carbonyl (C=O) groups is 2. The van der Waals surface area contributed by atoms with Crippen molar-refractivity contribution in [1.82, 2.24) is 5.32 Å². The molecule has 7 heteroatoms. The molecule has 0 bridgehead atoms. The second-order valence-corrected chi connectivity index (χ2v) is 11.5. The first-order valence-electron chi connectivity index (χ1n) is 14.2. The summed E-state index contributed by atoms with van der Waals surface area (Å²) >= 11 is 0. The Labute approximate surface area is 241 Å². The number of halogens is 2. The van der Waals surface area contributed by atoms with Crippen LogP contribution in [0.25, 0.3) is 0 Å². The van der Waals surface area contributed by atoms with Crippen LogP contribution < -0.4 is 10.1 Å².